The maximum atomic E-state index is 7.28. The number of thiol groups is 1. The van der Waals surface area contributed by atoms with E-state index >= 15 is 0 Å². The molecule has 0 aliphatic rings. The van der Waals surface area contributed by atoms with E-state index in [-0.39, 0.29) is 32.7 Å². The average Bonchev–Trinajstić information content (AvgIpc) is 2.05. The Bertz CT molecular complexity index is 235. The van der Waals surface area contributed by atoms with E-state index in [1.807, 2.05) is 12.1 Å². The van der Waals surface area contributed by atoms with Crippen LogP contribution in [0, 0.1) is 0 Å². The molecule has 0 atom stereocenters. The van der Waals surface area contributed by atoms with Gasteiger partial charge in [-0.05, 0) is 17.5 Å². The predicted octanol–water partition coefficient (Wildman–Crippen LogP) is 2.36. The van der Waals surface area contributed by atoms with Crippen LogP contribution >= 0.6 is 12.6 Å². The standard InChI is InChI=1S/C7H7N2S.Y/c8-6(5-10)7-3-1-2-4-9-7;/h1-5,8H,(H,9,10);/q-1;. The molecule has 1 aromatic rings. The maximum Gasteiger partial charge on any atom is 0.0483 e. The van der Waals surface area contributed by atoms with Gasteiger partial charge in [0.1, 0.15) is 0 Å². The predicted molar refractivity (Wildman–Crippen MR) is 45.5 cm³/mol. The van der Waals surface area contributed by atoms with E-state index in [9.17, 15) is 0 Å². The fourth-order valence-electron chi connectivity index (χ4n) is 0.588. The molecule has 0 bridgehead atoms. The summed E-state index contributed by atoms with van der Waals surface area (Å²) in [6.07, 6.45) is 1.65. The van der Waals surface area contributed by atoms with Crippen LogP contribution in [0.4, 0.5) is 0 Å². The zero-order valence-electron chi connectivity index (χ0n) is 5.86. The summed E-state index contributed by atoms with van der Waals surface area (Å²) in [6, 6.07) is 5.43. The van der Waals surface area contributed by atoms with Gasteiger partial charge in [0.2, 0.25) is 0 Å². The molecule has 0 spiro atoms. The van der Waals surface area contributed by atoms with Gasteiger partial charge in [-0.1, -0.05) is 6.07 Å². The summed E-state index contributed by atoms with van der Waals surface area (Å²) in [4.78, 5) is 3.94. The third kappa shape index (κ3) is 3.36. The van der Waals surface area contributed by atoms with Gasteiger partial charge in [-0.25, -0.2) is 0 Å². The van der Waals surface area contributed by atoms with E-state index in [1.165, 1.54) is 5.41 Å². The smallest absolute Gasteiger partial charge is 0.0483 e. The first-order valence-corrected chi connectivity index (χ1v) is 3.33. The van der Waals surface area contributed by atoms with Crippen molar-refractivity contribution in [1.82, 2.24) is 4.98 Å². The molecule has 1 heterocycles. The SMILES string of the molecule is [NH-]/C(=C\S)c1ccccn1.[Y]. The molecule has 2 nitrogen and oxygen atoms in total. The molecule has 0 saturated carbocycles. The van der Waals surface area contributed by atoms with E-state index < -0.39 is 0 Å². The van der Waals surface area contributed by atoms with Gasteiger partial charge < -0.3 is 5.73 Å². The first-order chi connectivity index (χ1) is 4.84. The van der Waals surface area contributed by atoms with Crippen LogP contribution in [-0.2, 0) is 32.7 Å². The van der Waals surface area contributed by atoms with Gasteiger partial charge in [0.05, 0.1) is 0 Å². The summed E-state index contributed by atoms with van der Waals surface area (Å²) in [7, 11) is 0. The monoisotopic (exact) mass is 240 g/mol. The van der Waals surface area contributed by atoms with Gasteiger partial charge in [0, 0.05) is 44.6 Å². The Labute approximate surface area is 96.6 Å². The summed E-state index contributed by atoms with van der Waals surface area (Å²) in [5.74, 6) is 0. The van der Waals surface area contributed by atoms with Crippen LogP contribution in [0.1, 0.15) is 5.69 Å². The van der Waals surface area contributed by atoms with Crippen LogP contribution in [-0.4, -0.2) is 4.98 Å². The first-order valence-electron chi connectivity index (χ1n) is 2.82. The number of rotatable bonds is 1. The zero-order chi connectivity index (χ0) is 7.40. The molecule has 11 heavy (non-hydrogen) atoms. The minimum Gasteiger partial charge on any atom is -0.697 e. The number of hydrogen-bond acceptors (Lipinski definition) is 2. The Morgan fingerprint density at radius 2 is 2.27 bits per heavy atom. The minimum atomic E-state index is 0. The molecule has 4 heteroatoms. The molecule has 1 radical (unpaired) electrons. The Balaban J connectivity index is 0.000001000. The second kappa shape index (κ2) is 5.75. The molecule has 0 saturated heterocycles. The summed E-state index contributed by atoms with van der Waals surface area (Å²) < 4.78 is 0. The summed E-state index contributed by atoms with van der Waals surface area (Å²) in [5, 5.41) is 1.42. The topological polar surface area (TPSA) is 36.7 Å². The zero-order valence-corrected chi connectivity index (χ0v) is 9.59. The molecular weight excluding hydrogens is 233 g/mol. The number of nitrogens with zero attached hydrogens (tertiary/aromatic N) is 1. The average molecular weight is 240 g/mol. The number of aromatic nitrogens is 1. The molecule has 55 valence electrons. The van der Waals surface area contributed by atoms with Crippen molar-refractivity contribution in [3.63, 3.8) is 0 Å². The van der Waals surface area contributed by atoms with E-state index in [4.69, 9.17) is 5.73 Å². The van der Waals surface area contributed by atoms with Crippen molar-refractivity contribution < 1.29 is 32.7 Å². The maximum absolute atomic E-state index is 7.28. The number of hydrogen-bond donors (Lipinski definition) is 1. The van der Waals surface area contributed by atoms with Gasteiger partial charge in [-0.2, -0.15) is 12.6 Å². The number of nitrogens with one attached hydrogen (secondary N) is 1. The molecule has 1 rings (SSSR count). The normalized spacial score (nSPS) is 10.5. The Morgan fingerprint density at radius 1 is 1.55 bits per heavy atom. The molecule has 1 N–H and O–H groups in total. The van der Waals surface area contributed by atoms with Crippen LogP contribution in [0.25, 0.3) is 11.4 Å². The molecule has 0 aliphatic heterocycles. The molecular formula is C7H7N2SY-. The molecule has 0 unspecified atom stereocenters. The summed E-state index contributed by atoms with van der Waals surface area (Å²) >= 11 is 3.84. The van der Waals surface area contributed by atoms with E-state index in [0.29, 0.717) is 11.4 Å². The van der Waals surface area contributed by atoms with Crippen LogP contribution in [0.15, 0.2) is 29.8 Å². The fraction of sp³-hybridized carbons (Fsp3) is 0. The van der Waals surface area contributed by atoms with Crippen LogP contribution in [0.3, 0.4) is 0 Å². The van der Waals surface area contributed by atoms with Crippen molar-refractivity contribution in [2.75, 3.05) is 0 Å². The van der Waals surface area contributed by atoms with Gasteiger partial charge in [0.15, 0.2) is 0 Å². The van der Waals surface area contributed by atoms with Gasteiger partial charge in [-0.3, -0.25) is 4.98 Å². The van der Waals surface area contributed by atoms with Crippen LogP contribution in [0.5, 0.6) is 0 Å². The van der Waals surface area contributed by atoms with Crippen LogP contribution in [0.2, 0.25) is 0 Å². The second-order valence-corrected chi connectivity index (χ2v) is 2.02. The molecule has 0 aliphatic carbocycles. The van der Waals surface area contributed by atoms with Gasteiger partial charge in [0.25, 0.3) is 0 Å². The third-order valence-electron chi connectivity index (χ3n) is 1.07. The largest absolute Gasteiger partial charge is 0.697 e. The number of pyridine rings is 1. The van der Waals surface area contributed by atoms with Crippen molar-refractivity contribution >= 4 is 18.3 Å². The van der Waals surface area contributed by atoms with Crippen molar-refractivity contribution in [2.45, 2.75) is 0 Å². The van der Waals surface area contributed by atoms with Crippen molar-refractivity contribution in [2.24, 2.45) is 0 Å². The van der Waals surface area contributed by atoms with E-state index in [2.05, 4.69) is 17.6 Å². The quantitative estimate of drug-likeness (QED) is 0.751. The van der Waals surface area contributed by atoms with E-state index in [1.54, 1.807) is 12.3 Å². The second-order valence-electron chi connectivity index (χ2n) is 1.76. The molecule has 0 amide bonds. The molecule has 0 aromatic carbocycles. The van der Waals surface area contributed by atoms with Gasteiger partial charge >= 0.3 is 0 Å². The Hall–Kier alpha value is 0.144. The van der Waals surface area contributed by atoms with Crippen molar-refractivity contribution in [3.05, 3.63) is 41.2 Å². The Kier molecular flexibility index (Phi) is 5.83. The minimum absolute atomic E-state index is 0. The molecule has 1 aromatic heterocycles. The van der Waals surface area contributed by atoms with Gasteiger partial charge in [-0.15, -0.1) is 5.70 Å². The third-order valence-corrected chi connectivity index (χ3v) is 1.33. The first kappa shape index (κ1) is 11.1. The Morgan fingerprint density at radius 3 is 2.73 bits per heavy atom. The van der Waals surface area contributed by atoms with Crippen molar-refractivity contribution in [1.29, 1.82) is 0 Å². The molecule has 0 fully saturated rings. The summed E-state index contributed by atoms with van der Waals surface area (Å²) in [5.41, 5.74) is 8.27. The fourth-order valence-corrected chi connectivity index (χ4v) is 0.720. The van der Waals surface area contributed by atoms with Crippen LogP contribution < -0.4 is 0 Å². The summed E-state index contributed by atoms with van der Waals surface area (Å²) in [6.45, 7) is 0. The van der Waals surface area contributed by atoms with Crippen molar-refractivity contribution in [3.8, 4) is 0 Å². The van der Waals surface area contributed by atoms with E-state index in [0.717, 1.165) is 0 Å².